The van der Waals surface area contributed by atoms with E-state index in [9.17, 15) is 8.78 Å². The molecule has 2 aromatic carbocycles. The molecule has 0 aromatic heterocycles. The van der Waals surface area contributed by atoms with Crippen LogP contribution in [0.25, 0.3) is 10.8 Å². The van der Waals surface area contributed by atoms with E-state index in [4.69, 9.17) is 0 Å². The molecule has 2 heteroatoms. The molecule has 2 aromatic rings. The van der Waals surface area contributed by atoms with Gasteiger partial charge in [0.25, 0.3) is 5.92 Å². The summed E-state index contributed by atoms with van der Waals surface area (Å²) in [6.45, 7) is 1.77. The Balaban J connectivity index is 2.46. The zero-order valence-corrected chi connectivity index (χ0v) is 9.21. The molecule has 0 N–H and O–H groups in total. The molecule has 0 aliphatic heterocycles. The maximum absolute atomic E-state index is 13.7. The van der Waals surface area contributed by atoms with Gasteiger partial charge in [-0.15, -0.1) is 0 Å². The fourth-order valence-electron chi connectivity index (χ4n) is 1.88. The van der Waals surface area contributed by atoms with Crippen molar-refractivity contribution in [1.29, 1.82) is 0 Å². The minimum Gasteiger partial charge on any atom is -0.201 e. The van der Waals surface area contributed by atoms with E-state index < -0.39 is 5.92 Å². The molecule has 0 atom stereocenters. The SMILES string of the molecule is CCCC(F)(F)c1ccc2ccccc2c1. The Morgan fingerprint density at radius 1 is 1.00 bits per heavy atom. The molecule has 0 aliphatic rings. The van der Waals surface area contributed by atoms with E-state index in [1.54, 1.807) is 19.1 Å². The summed E-state index contributed by atoms with van der Waals surface area (Å²) in [5.41, 5.74) is 0.119. The van der Waals surface area contributed by atoms with Crippen molar-refractivity contribution < 1.29 is 8.78 Å². The van der Waals surface area contributed by atoms with Crippen molar-refractivity contribution in [3.05, 3.63) is 48.0 Å². The highest BCUT2D eigenvalue weighted by Gasteiger charge is 2.29. The standard InChI is InChI=1S/C14H14F2/c1-2-9-14(15,16)13-8-7-11-5-3-4-6-12(11)10-13/h3-8,10H,2,9H2,1H3. The van der Waals surface area contributed by atoms with Crippen LogP contribution in [0.2, 0.25) is 0 Å². The summed E-state index contributed by atoms with van der Waals surface area (Å²) < 4.78 is 27.4. The number of benzene rings is 2. The van der Waals surface area contributed by atoms with Crippen molar-refractivity contribution >= 4 is 10.8 Å². The van der Waals surface area contributed by atoms with E-state index in [1.807, 2.05) is 24.3 Å². The highest BCUT2D eigenvalue weighted by molar-refractivity contribution is 5.83. The van der Waals surface area contributed by atoms with Gasteiger partial charge in [-0.2, -0.15) is 0 Å². The van der Waals surface area contributed by atoms with E-state index in [2.05, 4.69) is 0 Å². The largest absolute Gasteiger partial charge is 0.273 e. The first-order chi connectivity index (χ1) is 7.63. The third kappa shape index (κ3) is 2.06. The Bertz CT molecular complexity index is 489. The lowest BCUT2D eigenvalue weighted by molar-refractivity contribution is -0.0139. The van der Waals surface area contributed by atoms with Crippen molar-refractivity contribution in [1.82, 2.24) is 0 Å². The van der Waals surface area contributed by atoms with Crippen molar-refractivity contribution in [3.8, 4) is 0 Å². The number of fused-ring (bicyclic) bond motifs is 1. The summed E-state index contributed by atoms with van der Waals surface area (Å²) >= 11 is 0. The van der Waals surface area contributed by atoms with Gasteiger partial charge in [-0.1, -0.05) is 49.7 Å². The number of hydrogen-bond donors (Lipinski definition) is 0. The van der Waals surface area contributed by atoms with E-state index in [-0.39, 0.29) is 12.0 Å². The second kappa shape index (κ2) is 4.20. The van der Waals surface area contributed by atoms with E-state index >= 15 is 0 Å². The molecule has 84 valence electrons. The summed E-state index contributed by atoms with van der Waals surface area (Å²) in [4.78, 5) is 0. The van der Waals surface area contributed by atoms with Crippen LogP contribution in [0.1, 0.15) is 25.3 Å². The average Bonchev–Trinajstić information content (AvgIpc) is 2.28. The molecule has 0 saturated heterocycles. The van der Waals surface area contributed by atoms with Crippen molar-refractivity contribution in [2.45, 2.75) is 25.7 Å². The van der Waals surface area contributed by atoms with Gasteiger partial charge in [0.1, 0.15) is 0 Å². The van der Waals surface area contributed by atoms with E-state index in [1.165, 1.54) is 6.07 Å². The van der Waals surface area contributed by atoms with Gasteiger partial charge in [-0.05, 0) is 16.8 Å². The van der Waals surface area contributed by atoms with Crippen LogP contribution < -0.4 is 0 Å². The first kappa shape index (κ1) is 11.1. The molecule has 0 aliphatic carbocycles. The average molecular weight is 220 g/mol. The predicted octanol–water partition coefficient (Wildman–Crippen LogP) is 4.73. The third-order valence-electron chi connectivity index (χ3n) is 2.74. The van der Waals surface area contributed by atoms with Gasteiger partial charge in [-0.25, -0.2) is 8.78 Å². The van der Waals surface area contributed by atoms with Gasteiger partial charge in [0, 0.05) is 12.0 Å². The van der Waals surface area contributed by atoms with Crippen LogP contribution in [0.15, 0.2) is 42.5 Å². The maximum Gasteiger partial charge on any atom is 0.273 e. The normalized spacial score (nSPS) is 11.9. The Labute approximate surface area is 93.9 Å². The van der Waals surface area contributed by atoms with Gasteiger partial charge in [0.2, 0.25) is 0 Å². The van der Waals surface area contributed by atoms with E-state index in [0.29, 0.717) is 6.42 Å². The minimum absolute atomic E-state index is 0.0919. The van der Waals surface area contributed by atoms with Gasteiger partial charge in [-0.3, -0.25) is 0 Å². The first-order valence-electron chi connectivity index (χ1n) is 5.50. The van der Waals surface area contributed by atoms with Crippen LogP contribution in [0, 0.1) is 0 Å². The monoisotopic (exact) mass is 220 g/mol. The topological polar surface area (TPSA) is 0 Å². The highest BCUT2D eigenvalue weighted by Crippen LogP contribution is 2.34. The summed E-state index contributed by atoms with van der Waals surface area (Å²) in [5, 5.41) is 1.87. The van der Waals surface area contributed by atoms with Crippen molar-refractivity contribution in [2.75, 3.05) is 0 Å². The van der Waals surface area contributed by atoms with E-state index in [0.717, 1.165) is 10.8 Å². The number of halogens is 2. The molecule has 0 fully saturated rings. The van der Waals surface area contributed by atoms with Crippen LogP contribution >= 0.6 is 0 Å². The number of rotatable bonds is 3. The lowest BCUT2D eigenvalue weighted by Crippen LogP contribution is -2.12. The van der Waals surface area contributed by atoms with Crippen LogP contribution in [-0.4, -0.2) is 0 Å². The molecule has 0 saturated carbocycles. The molecule has 0 unspecified atom stereocenters. The molecule has 0 spiro atoms. The van der Waals surface area contributed by atoms with Crippen LogP contribution in [0.5, 0.6) is 0 Å². The summed E-state index contributed by atoms with van der Waals surface area (Å²) in [6, 6.07) is 12.4. The first-order valence-corrected chi connectivity index (χ1v) is 5.50. The lowest BCUT2D eigenvalue weighted by atomic mass is 10.0. The zero-order chi connectivity index (χ0) is 11.6. The number of hydrogen-bond acceptors (Lipinski definition) is 0. The van der Waals surface area contributed by atoms with Crippen LogP contribution in [0.4, 0.5) is 8.78 Å². The molecule has 0 amide bonds. The van der Waals surface area contributed by atoms with Gasteiger partial charge < -0.3 is 0 Å². The minimum atomic E-state index is -2.71. The molecule has 0 heterocycles. The van der Waals surface area contributed by atoms with Gasteiger partial charge in [0.15, 0.2) is 0 Å². The van der Waals surface area contributed by atoms with Crippen LogP contribution in [0.3, 0.4) is 0 Å². The van der Waals surface area contributed by atoms with Gasteiger partial charge in [0.05, 0.1) is 0 Å². The maximum atomic E-state index is 13.7. The molecule has 0 bridgehead atoms. The fourth-order valence-corrected chi connectivity index (χ4v) is 1.88. The molecule has 2 rings (SSSR count). The Hall–Kier alpha value is -1.44. The molecular weight excluding hydrogens is 206 g/mol. The van der Waals surface area contributed by atoms with Crippen LogP contribution in [-0.2, 0) is 5.92 Å². The molecule has 0 radical (unpaired) electrons. The predicted molar refractivity (Wildman–Crippen MR) is 62.8 cm³/mol. The molecular formula is C14H14F2. The third-order valence-corrected chi connectivity index (χ3v) is 2.74. The quantitative estimate of drug-likeness (QED) is 0.701. The Morgan fingerprint density at radius 2 is 1.69 bits per heavy atom. The zero-order valence-electron chi connectivity index (χ0n) is 9.21. The Morgan fingerprint density at radius 3 is 2.38 bits per heavy atom. The van der Waals surface area contributed by atoms with Crippen molar-refractivity contribution in [2.24, 2.45) is 0 Å². The second-order valence-electron chi connectivity index (χ2n) is 4.02. The summed E-state index contributed by atoms with van der Waals surface area (Å²) in [6.07, 6.45) is 0.394. The summed E-state index contributed by atoms with van der Waals surface area (Å²) in [5.74, 6) is -2.71. The molecule has 16 heavy (non-hydrogen) atoms. The summed E-state index contributed by atoms with van der Waals surface area (Å²) in [7, 11) is 0. The molecule has 0 nitrogen and oxygen atoms in total. The second-order valence-corrected chi connectivity index (χ2v) is 4.02. The number of alkyl halides is 2. The Kier molecular flexibility index (Phi) is 2.90. The highest BCUT2D eigenvalue weighted by atomic mass is 19.3. The lowest BCUT2D eigenvalue weighted by Gasteiger charge is -2.16. The smallest absolute Gasteiger partial charge is 0.201 e. The van der Waals surface area contributed by atoms with Crippen molar-refractivity contribution in [3.63, 3.8) is 0 Å². The fraction of sp³-hybridized carbons (Fsp3) is 0.286. The van der Waals surface area contributed by atoms with Gasteiger partial charge >= 0.3 is 0 Å².